The van der Waals surface area contributed by atoms with E-state index in [0.29, 0.717) is 17.2 Å². The van der Waals surface area contributed by atoms with Gasteiger partial charge in [0.25, 0.3) is 0 Å². The first-order chi connectivity index (χ1) is 18.1. The van der Waals surface area contributed by atoms with Crippen LogP contribution in [-0.4, -0.2) is 35.3 Å². The first-order valence-electron chi connectivity index (χ1n) is 13.6. The molecule has 202 valence electrons. The number of piperidine rings is 1. The molecule has 6 rings (SSSR count). The standard InChI is InChI=1S/C29H34F3N5O/c1-17(19-13-20(29(30,31)32)15-21(33)14-19)34-27-24-16-25(37-10-8-28(9-11-37)7-4-12-38-28)22-5-3-6-23(22)26(24)35-18(2)36-27/h13-17H,3-12,33H2,1-2H3,(H,34,35,36). The first kappa shape index (κ1) is 25.2. The number of hydrogen-bond acceptors (Lipinski definition) is 6. The molecular weight excluding hydrogens is 491 g/mol. The lowest BCUT2D eigenvalue weighted by Crippen LogP contribution is -2.44. The molecule has 2 saturated heterocycles. The molecule has 0 amide bonds. The molecule has 0 saturated carbocycles. The van der Waals surface area contributed by atoms with Crippen molar-refractivity contribution in [2.24, 2.45) is 0 Å². The van der Waals surface area contributed by atoms with Gasteiger partial charge in [0.15, 0.2) is 0 Å². The minimum Gasteiger partial charge on any atom is -0.399 e. The zero-order valence-electron chi connectivity index (χ0n) is 21.9. The first-order valence-corrected chi connectivity index (χ1v) is 13.6. The summed E-state index contributed by atoms with van der Waals surface area (Å²) in [6.07, 6.45) is 2.98. The molecule has 1 unspecified atom stereocenters. The summed E-state index contributed by atoms with van der Waals surface area (Å²) in [7, 11) is 0. The summed E-state index contributed by atoms with van der Waals surface area (Å²) in [6.45, 7) is 6.46. The molecule has 0 radical (unpaired) electrons. The molecule has 2 fully saturated rings. The smallest absolute Gasteiger partial charge is 0.399 e. The van der Waals surface area contributed by atoms with Crippen molar-refractivity contribution in [3.05, 3.63) is 52.3 Å². The van der Waals surface area contributed by atoms with Gasteiger partial charge in [-0.2, -0.15) is 13.2 Å². The topological polar surface area (TPSA) is 76.3 Å². The van der Waals surface area contributed by atoms with Crippen LogP contribution in [-0.2, 0) is 23.8 Å². The fourth-order valence-corrected chi connectivity index (χ4v) is 6.53. The van der Waals surface area contributed by atoms with E-state index in [1.54, 1.807) is 6.07 Å². The maximum atomic E-state index is 13.4. The third-order valence-corrected chi connectivity index (χ3v) is 8.51. The van der Waals surface area contributed by atoms with Crippen molar-refractivity contribution in [1.29, 1.82) is 0 Å². The van der Waals surface area contributed by atoms with E-state index in [0.717, 1.165) is 87.7 Å². The Morgan fingerprint density at radius 1 is 1.03 bits per heavy atom. The molecule has 6 nitrogen and oxygen atoms in total. The molecule has 1 aromatic heterocycles. The van der Waals surface area contributed by atoms with Crippen LogP contribution in [0.2, 0.25) is 0 Å². The number of nitrogens with one attached hydrogen (secondary N) is 1. The Bertz CT molecular complexity index is 1370. The lowest BCUT2D eigenvalue weighted by atomic mass is 9.88. The molecule has 1 spiro atoms. The van der Waals surface area contributed by atoms with Crippen molar-refractivity contribution in [3.8, 4) is 0 Å². The quantitative estimate of drug-likeness (QED) is 0.387. The van der Waals surface area contributed by atoms with Crippen LogP contribution in [0, 0.1) is 6.92 Å². The summed E-state index contributed by atoms with van der Waals surface area (Å²) in [5, 5.41) is 4.31. The fraction of sp³-hybridized carbons (Fsp3) is 0.517. The molecule has 1 aliphatic carbocycles. The summed E-state index contributed by atoms with van der Waals surface area (Å²) in [5.74, 6) is 1.27. The summed E-state index contributed by atoms with van der Waals surface area (Å²) in [6, 6.07) is 5.46. The molecule has 3 heterocycles. The number of aromatic nitrogens is 2. The van der Waals surface area contributed by atoms with Gasteiger partial charge in [-0.25, -0.2) is 9.97 Å². The molecule has 3 N–H and O–H groups in total. The zero-order chi connectivity index (χ0) is 26.7. The lowest BCUT2D eigenvalue weighted by Gasteiger charge is -2.40. The molecule has 1 atom stereocenters. The summed E-state index contributed by atoms with van der Waals surface area (Å²) >= 11 is 0. The number of nitrogens with two attached hydrogens (primary N) is 1. The van der Waals surface area contributed by atoms with Gasteiger partial charge in [-0.15, -0.1) is 0 Å². The minimum atomic E-state index is -4.46. The van der Waals surface area contributed by atoms with Gasteiger partial charge in [0, 0.05) is 36.5 Å². The van der Waals surface area contributed by atoms with Crippen LogP contribution in [0.1, 0.15) is 73.1 Å². The highest BCUT2D eigenvalue weighted by Crippen LogP contribution is 2.43. The van der Waals surface area contributed by atoms with E-state index in [1.165, 1.54) is 16.8 Å². The molecule has 2 aromatic carbocycles. The summed E-state index contributed by atoms with van der Waals surface area (Å²) in [4.78, 5) is 12.0. The van der Waals surface area contributed by atoms with Crippen molar-refractivity contribution >= 4 is 28.1 Å². The molecule has 3 aliphatic rings. The van der Waals surface area contributed by atoms with Gasteiger partial charge in [0.1, 0.15) is 11.6 Å². The van der Waals surface area contributed by atoms with Crippen molar-refractivity contribution in [3.63, 3.8) is 0 Å². The predicted octanol–water partition coefficient (Wildman–Crippen LogP) is 6.35. The number of aryl methyl sites for hydroxylation is 2. The molecule has 0 bridgehead atoms. The van der Waals surface area contributed by atoms with Gasteiger partial charge in [0.05, 0.1) is 22.7 Å². The normalized spacial score (nSPS) is 19.8. The Balaban J connectivity index is 1.37. The highest BCUT2D eigenvalue weighted by atomic mass is 19.4. The van der Waals surface area contributed by atoms with Gasteiger partial charge < -0.3 is 20.7 Å². The van der Waals surface area contributed by atoms with Crippen LogP contribution < -0.4 is 16.0 Å². The van der Waals surface area contributed by atoms with E-state index < -0.39 is 17.8 Å². The molecule has 38 heavy (non-hydrogen) atoms. The number of anilines is 3. The highest BCUT2D eigenvalue weighted by Gasteiger charge is 2.39. The number of nitrogen functional groups attached to an aromatic ring is 1. The van der Waals surface area contributed by atoms with Gasteiger partial charge in [-0.3, -0.25) is 0 Å². The average Bonchev–Trinajstić information content (AvgIpc) is 3.54. The Morgan fingerprint density at radius 3 is 2.50 bits per heavy atom. The van der Waals surface area contributed by atoms with Crippen LogP contribution >= 0.6 is 0 Å². The number of alkyl halides is 3. The third-order valence-electron chi connectivity index (χ3n) is 8.51. The highest BCUT2D eigenvalue weighted by molar-refractivity contribution is 5.96. The number of benzene rings is 2. The maximum Gasteiger partial charge on any atom is 0.416 e. The summed E-state index contributed by atoms with van der Waals surface area (Å²) < 4.78 is 46.5. The van der Waals surface area contributed by atoms with E-state index >= 15 is 0 Å². The molecule has 9 heteroatoms. The predicted molar refractivity (Wildman–Crippen MR) is 144 cm³/mol. The van der Waals surface area contributed by atoms with Gasteiger partial charge in [-0.05, 0) is 99.7 Å². The van der Waals surface area contributed by atoms with Crippen LogP contribution in [0.5, 0.6) is 0 Å². The van der Waals surface area contributed by atoms with Crippen LogP contribution in [0.15, 0.2) is 24.3 Å². The largest absolute Gasteiger partial charge is 0.416 e. The maximum absolute atomic E-state index is 13.4. The number of rotatable bonds is 4. The number of ether oxygens (including phenoxy) is 1. The Hall–Kier alpha value is -3.07. The van der Waals surface area contributed by atoms with Crippen molar-refractivity contribution in [1.82, 2.24) is 9.97 Å². The number of fused-ring (bicyclic) bond motifs is 3. The minimum absolute atomic E-state index is 0.0473. The van der Waals surface area contributed by atoms with E-state index in [2.05, 4.69) is 16.3 Å². The number of hydrogen-bond donors (Lipinski definition) is 2. The zero-order valence-corrected chi connectivity index (χ0v) is 21.9. The Kier molecular flexibility index (Phi) is 6.17. The van der Waals surface area contributed by atoms with Crippen LogP contribution in [0.25, 0.3) is 10.9 Å². The second kappa shape index (κ2) is 9.29. The monoisotopic (exact) mass is 525 g/mol. The molecule has 3 aromatic rings. The number of nitrogens with zero attached hydrogens (tertiary/aromatic N) is 3. The molecule has 2 aliphatic heterocycles. The summed E-state index contributed by atoms with van der Waals surface area (Å²) in [5.41, 5.74) is 10.5. The van der Waals surface area contributed by atoms with E-state index in [1.807, 2.05) is 13.8 Å². The lowest BCUT2D eigenvalue weighted by molar-refractivity contribution is -0.137. The second-order valence-electron chi connectivity index (χ2n) is 11.1. The van der Waals surface area contributed by atoms with Gasteiger partial charge in [-0.1, -0.05) is 0 Å². The Labute approximate surface area is 220 Å². The Morgan fingerprint density at radius 2 is 1.79 bits per heavy atom. The second-order valence-corrected chi connectivity index (χ2v) is 11.1. The van der Waals surface area contributed by atoms with E-state index in [4.69, 9.17) is 20.4 Å². The third kappa shape index (κ3) is 4.55. The molecular formula is C29H34F3N5O. The van der Waals surface area contributed by atoms with Crippen LogP contribution in [0.3, 0.4) is 0 Å². The van der Waals surface area contributed by atoms with Gasteiger partial charge in [0.2, 0.25) is 0 Å². The van der Waals surface area contributed by atoms with Crippen LogP contribution in [0.4, 0.5) is 30.4 Å². The van der Waals surface area contributed by atoms with E-state index in [-0.39, 0.29) is 11.3 Å². The van der Waals surface area contributed by atoms with Gasteiger partial charge >= 0.3 is 6.18 Å². The van der Waals surface area contributed by atoms with E-state index in [9.17, 15) is 13.2 Å². The fourth-order valence-electron chi connectivity index (χ4n) is 6.53. The SMILES string of the molecule is Cc1nc(NC(C)c2cc(N)cc(C(F)(F)F)c2)c2cc(N3CCC4(CCCO4)CC3)c3c(c2n1)CCC3. The van der Waals surface area contributed by atoms with Crippen molar-refractivity contribution in [2.75, 3.05) is 35.6 Å². The number of halogens is 3. The average molecular weight is 526 g/mol. The van der Waals surface area contributed by atoms with Crippen molar-refractivity contribution in [2.45, 2.75) is 76.6 Å². The van der Waals surface area contributed by atoms with Crippen molar-refractivity contribution < 1.29 is 17.9 Å².